The molecule has 1 amide bonds. The van der Waals surface area contributed by atoms with Crippen molar-refractivity contribution >= 4 is 5.91 Å². The van der Waals surface area contributed by atoms with Crippen molar-refractivity contribution in [2.45, 2.75) is 19.8 Å². The Morgan fingerprint density at radius 2 is 1.74 bits per heavy atom. The Kier molecular flexibility index (Phi) is 6.18. The first kappa shape index (κ1) is 17.0. The Morgan fingerprint density at radius 1 is 1.04 bits per heavy atom. The average molecular weight is 313 g/mol. The third kappa shape index (κ3) is 4.33. The van der Waals surface area contributed by atoms with Crippen molar-refractivity contribution < 1.29 is 15.0 Å². The van der Waals surface area contributed by atoms with Crippen molar-refractivity contribution in [1.29, 1.82) is 0 Å². The van der Waals surface area contributed by atoms with Gasteiger partial charge in [0, 0.05) is 30.8 Å². The third-order valence-corrected chi connectivity index (χ3v) is 3.85. The number of benzene rings is 2. The smallest absolute Gasteiger partial charge is 0.253 e. The van der Waals surface area contributed by atoms with Crippen molar-refractivity contribution in [3.05, 3.63) is 54.1 Å². The average Bonchev–Trinajstić information content (AvgIpc) is 2.59. The normalized spacial score (nSPS) is 10.5. The molecule has 23 heavy (non-hydrogen) atoms. The maximum absolute atomic E-state index is 12.5. The Labute approximate surface area is 137 Å². The van der Waals surface area contributed by atoms with Crippen LogP contribution in [0.25, 0.3) is 11.1 Å². The fourth-order valence-corrected chi connectivity index (χ4v) is 2.51. The van der Waals surface area contributed by atoms with E-state index in [2.05, 4.69) is 0 Å². The van der Waals surface area contributed by atoms with E-state index in [0.717, 1.165) is 17.5 Å². The number of carbonyl (C=O) groups is 1. The molecular weight excluding hydrogens is 290 g/mol. The second-order valence-electron chi connectivity index (χ2n) is 5.41. The fourth-order valence-electron chi connectivity index (χ4n) is 2.51. The van der Waals surface area contributed by atoms with E-state index in [1.54, 1.807) is 29.2 Å². The highest BCUT2D eigenvalue weighted by Gasteiger charge is 2.14. The molecule has 2 rings (SSSR count). The number of phenolic OH excluding ortho intramolecular Hbond substituents is 1. The molecule has 0 spiro atoms. The van der Waals surface area contributed by atoms with E-state index in [9.17, 15) is 9.90 Å². The number of phenols is 1. The van der Waals surface area contributed by atoms with Crippen LogP contribution in [0.3, 0.4) is 0 Å². The molecule has 0 fully saturated rings. The number of carbonyl (C=O) groups excluding carboxylic acids is 1. The summed E-state index contributed by atoms with van der Waals surface area (Å²) in [4.78, 5) is 14.3. The van der Waals surface area contributed by atoms with Crippen molar-refractivity contribution in [3.8, 4) is 16.9 Å². The number of aliphatic hydroxyl groups is 1. The first-order valence-electron chi connectivity index (χ1n) is 7.96. The summed E-state index contributed by atoms with van der Waals surface area (Å²) < 4.78 is 0. The van der Waals surface area contributed by atoms with Crippen LogP contribution in [-0.2, 0) is 0 Å². The van der Waals surface area contributed by atoms with Gasteiger partial charge in [0.05, 0.1) is 0 Å². The van der Waals surface area contributed by atoms with Gasteiger partial charge in [0.15, 0.2) is 0 Å². The minimum Gasteiger partial charge on any atom is -0.507 e. The summed E-state index contributed by atoms with van der Waals surface area (Å²) in [6.45, 7) is 3.40. The molecule has 2 aromatic carbocycles. The predicted octanol–water partition coefficient (Wildman–Crippen LogP) is 3.29. The lowest BCUT2D eigenvalue weighted by atomic mass is 10.0. The zero-order valence-corrected chi connectivity index (χ0v) is 13.4. The first-order chi connectivity index (χ1) is 11.2. The Balaban J connectivity index is 2.12. The van der Waals surface area contributed by atoms with E-state index >= 15 is 0 Å². The molecule has 0 aliphatic heterocycles. The van der Waals surface area contributed by atoms with Crippen LogP contribution in [0.1, 0.15) is 30.1 Å². The first-order valence-corrected chi connectivity index (χ1v) is 7.96. The molecule has 0 saturated heterocycles. The maximum atomic E-state index is 12.5. The van der Waals surface area contributed by atoms with E-state index in [-0.39, 0.29) is 18.3 Å². The number of hydrogen-bond acceptors (Lipinski definition) is 3. The zero-order valence-electron chi connectivity index (χ0n) is 13.4. The summed E-state index contributed by atoms with van der Waals surface area (Å²) in [5.74, 6) is 0.222. The molecule has 4 heteroatoms. The minimum atomic E-state index is -0.00530. The summed E-state index contributed by atoms with van der Waals surface area (Å²) in [6.07, 6.45) is 1.50. The summed E-state index contributed by atoms with van der Waals surface area (Å²) in [6, 6.07) is 14.4. The van der Waals surface area contributed by atoms with Crippen molar-refractivity contribution in [3.63, 3.8) is 0 Å². The summed E-state index contributed by atoms with van der Waals surface area (Å²) in [7, 11) is 0. The van der Waals surface area contributed by atoms with Crippen LogP contribution in [0.4, 0.5) is 0 Å². The molecule has 4 nitrogen and oxygen atoms in total. The van der Waals surface area contributed by atoms with E-state index < -0.39 is 0 Å². The SMILES string of the molecule is CCN(CCCCO)C(=O)c1ccc(-c2ccccc2O)cc1. The van der Waals surface area contributed by atoms with Gasteiger partial charge in [-0.05, 0) is 43.5 Å². The molecule has 0 bridgehead atoms. The molecular formula is C19H23NO3. The van der Waals surface area contributed by atoms with Gasteiger partial charge < -0.3 is 15.1 Å². The molecule has 122 valence electrons. The Hall–Kier alpha value is -2.33. The van der Waals surface area contributed by atoms with Gasteiger partial charge in [-0.25, -0.2) is 0 Å². The second-order valence-corrected chi connectivity index (χ2v) is 5.41. The van der Waals surface area contributed by atoms with Gasteiger partial charge in [-0.3, -0.25) is 4.79 Å². The number of hydrogen-bond donors (Lipinski definition) is 2. The largest absolute Gasteiger partial charge is 0.507 e. The maximum Gasteiger partial charge on any atom is 0.253 e. The molecule has 0 aliphatic rings. The van der Waals surface area contributed by atoms with Crippen molar-refractivity contribution in [2.24, 2.45) is 0 Å². The number of para-hydroxylation sites is 1. The Morgan fingerprint density at radius 3 is 2.35 bits per heavy atom. The second kappa shape index (κ2) is 8.34. The van der Waals surface area contributed by atoms with Crippen LogP contribution in [0, 0.1) is 0 Å². The number of nitrogens with zero attached hydrogens (tertiary/aromatic N) is 1. The molecule has 0 aromatic heterocycles. The highest BCUT2D eigenvalue weighted by atomic mass is 16.3. The molecule has 0 heterocycles. The number of rotatable bonds is 7. The predicted molar refractivity (Wildman–Crippen MR) is 91.4 cm³/mol. The topological polar surface area (TPSA) is 60.8 Å². The van der Waals surface area contributed by atoms with E-state index in [1.807, 2.05) is 31.2 Å². The number of unbranched alkanes of at least 4 members (excludes halogenated alkanes) is 1. The summed E-state index contributed by atoms with van der Waals surface area (Å²) >= 11 is 0. The van der Waals surface area contributed by atoms with Crippen LogP contribution in [0.15, 0.2) is 48.5 Å². The van der Waals surface area contributed by atoms with Gasteiger partial charge >= 0.3 is 0 Å². The molecule has 2 N–H and O–H groups in total. The number of aliphatic hydroxyl groups excluding tert-OH is 1. The van der Waals surface area contributed by atoms with Crippen molar-refractivity contribution in [2.75, 3.05) is 19.7 Å². The standard InChI is InChI=1S/C19H23NO3/c1-2-20(13-5-6-14-21)19(23)16-11-9-15(10-12-16)17-7-3-4-8-18(17)22/h3-4,7-12,21-22H,2,5-6,13-14H2,1H3. The lowest BCUT2D eigenvalue weighted by molar-refractivity contribution is 0.0759. The number of aromatic hydroxyl groups is 1. The Bertz CT molecular complexity index is 637. The summed E-state index contributed by atoms with van der Waals surface area (Å²) in [5, 5.41) is 18.7. The highest BCUT2D eigenvalue weighted by Crippen LogP contribution is 2.28. The van der Waals surface area contributed by atoms with Crippen LogP contribution in [0.2, 0.25) is 0 Å². The molecule has 2 aromatic rings. The summed E-state index contributed by atoms with van der Waals surface area (Å²) in [5.41, 5.74) is 2.26. The molecule has 0 radical (unpaired) electrons. The van der Waals surface area contributed by atoms with E-state index in [0.29, 0.717) is 25.1 Å². The zero-order chi connectivity index (χ0) is 16.7. The van der Waals surface area contributed by atoms with Gasteiger partial charge in [-0.15, -0.1) is 0 Å². The van der Waals surface area contributed by atoms with Gasteiger partial charge in [0.2, 0.25) is 0 Å². The molecule has 0 atom stereocenters. The van der Waals surface area contributed by atoms with E-state index in [1.165, 1.54) is 0 Å². The fraction of sp³-hybridized carbons (Fsp3) is 0.316. The van der Waals surface area contributed by atoms with Crippen LogP contribution >= 0.6 is 0 Å². The molecule has 0 saturated carbocycles. The monoisotopic (exact) mass is 313 g/mol. The van der Waals surface area contributed by atoms with Crippen LogP contribution in [-0.4, -0.2) is 40.7 Å². The highest BCUT2D eigenvalue weighted by molar-refractivity contribution is 5.94. The lowest BCUT2D eigenvalue weighted by Gasteiger charge is -2.21. The van der Waals surface area contributed by atoms with Gasteiger partial charge in [0.25, 0.3) is 5.91 Å². The molecule has 0 aliphatic carbocycles. The van der Waals surface area contributed by atoms with E-state index in [4.69, 9.17) is 5.11 Å². The van der Waals surface area contributed by atoms with Gasteiger partial charge in [-0.2, -0.15) is 0 Å². The number of amides is 1. The molecule has 0 unspecified atom stereocenters. The van der Waals surface area contributed by atoms with Gasteiger partial charge in [-0.1, -0.05) is 30.3 Å². The van der Waals surface area contributed by atoms with Crippen LogP contribution < -0.4 is 0 Å². The lowest BCUT2D eigenvalue weighted by Crippen LogP contribution is -2.31. The minimum absolute atomic E-state index is 0.00530. The van der Waals surface area contributed by atoms with Gasteiger partial charge in [0.1, 0.15) is 5.75 Å². The third-order valence-electron chi connectivity index (χ3n) is 3.85. The quantitative estimate of drug-likeness (QED) is 0.771. The van der Waals surface area contributed by atoms with Crippen LogP contribution in [0.5, 0.6) is 5.75 Å². The van der Waals surface area contributed by atoms with Crippen molar-refractivity contribution in [1.82, 2.24) is 4.90 Å².